The van der Waals surface area contributed by atoms with E-state index in [1.807, 2.05) is 19.9 Å². The maximum Gasteiger partial charge on any atom is 0.451 e. The molecule has 2 heterocycles. The average Bonchev–Trinajstić information content (AvgIpc) is 3.25. The van der Waals surface area contributed by atoms with E-state index in [9.17, 15) is 17.6 Å². The van der Waals surface area contributed by atoms with Gasteiger partial charge in [-0.05, 0) is 25.6 Å². The topological polar surface area (TPSA) is 77.2 Å². The number of aliphatic imine (C=N–C) groups is 1. The first kappa shape index (κ1) is 24.9. The average molecular weight is 476 g/mol. The summed E-state index contributed by atoms with van der Waals surface area (Å²) in [7, 11) is 1.52. The van der Waals surface area contributed by atoms with E-state index in [4.69, 9.17) is 4.74 Å². The zero-order valence-corrected chi connectivity index (χ0v) is 18.9. The first-order valence-electron chi connectivity index (χ1n) is 10.5. The first-order valence-corrected chi connectivity index (χ1v) is 10.5. The molecule has 0 radical (unpaired) electrons. The third-order valence-corrected chi connectivity index (χ3v) is 4.81. The van der Waals surface area contributed by atoms with Gasteiger partial charge in [-0.1, -0.05) is 19.4 Å². The molecule has 180 valence electrons. The minimum absolute atomic E-state index is 0.0322. The van der Waals surface area contributed by atoms with Gasteiger partial charge in [0.2, 0.25) is 5.82 Å². The van der Waals surface area contributed by atoms with E-state index in [1.165, 1.54) is 18.0 Å². The SMILES string of the molecule is CCC/C=C/NC(=NCc1cnc(C(F)(F)F)nc1)c1cc(-n2cc(F)cn2)cc(OC)c1C. The number of alkyl halides is 3. The smallest absolute Gasteiger partial charge is 0.451 e. The molecule has 0 amide bonds. The summed E-state index contributed by atoms with van der Waals surface area (Å²) in [6, 6.07) is 3.49. The highest BCUT2D eigenvalue weighted by atomic mass is 19.4. The fourth-order valence-electron chi connectivity index (χ4n) is 3.05. The van der Waals surface area contributed by atoms with Gasteiger partial charge >= 0.3 is 6.18 Å². The number of allylic oxidation sites excluding steroid dienone is 1. The fraction of sp³-hybridized carbons (Fsp3) is 0.304. The molecule has 0 spiro atoms. The lowest BCUT2D eigenvalue weighted by molar-refractivity contribution is -0.145. The number of amidine groups is 1. The van der Waals surface area contributed by atoms with E-state index in [1.54, 1.807) is 18.3 Å². The molecule has 11 heteroatoms. The highest BCUT2D eigenvalue weighted by Crippen LogP contribution is 2.27. The number of hydrogen-bond donors (Lipinski definition) is 1. The van der Waals surface area contributed by atoms with E-state index in [-0.39, 0.29) is 6.54 Å². The lowest BCUT2D eigenvalue weighted by Crippen LogP contribution is -2.21. The number of rotatable bonds is 8. The lowest BCUT2D eigenvalue weighted by Gasteiger charge is -2.16. The summed E-state index contributed by atoms with van der Waals surface area (Å²) >= 11 is 0. The van der Waals surface area contributed by atoms with Crippen LogP contribution in [0.15, 0.2) is 54.2 Å². The Bertz CT molecular complexity index is 1170. The minimum Gasteiger partial charge on any atom is -0.496 e. The van der Waals surface area contributed by atoms with Crippen LogP contribution >= 0.6 is 0 Å². The van der Waals surface area contributed by atoms with Gasteiger partial charge in [-0.25, -0.2) is 19.0 Å². The van der Waals surface area contributed by atoms with Gasteiger partial charge in [-0.15, -0.1) is 0 Å². The molecule has 34 heavy (non-hydrogen) atoms. The third-order valence-electron chi connectivity index (χ3n) is 4.81. The number of benzene rings is 1. The second-order valence-corrected chi connectivity index (χ2v) is 7.34. The molecule has 0 aliphatic rings. The maximum atomic E-state index is 13.5. The van der Waals surface area contributed by atoms with E-state index in [0.29, 0.717) is 28.4 Å². The minimum atomic E-state index is -4.61. The van der Waals surface area contributed by atoms with Gasteiger partial charge in [0.1, 0.15) is 11.6 Å². The Balaban J connectivity index is 2.00. The molecule has 0 fully saturated rings. The molecule has 7 nitrogen and oxygen atoms in total. The Morgan fingerprint density at radius 2 is 1.94 bits per heavy atom. The lowest BCUT2D eigenvalue weighted by atomic mass is 10.0. The number of nitrogens with zero attached hydrogens (tertiary/aromatic N) is 5. The number of hydrogen-bond acceptors (Lipinski definition) is 5. The predicted molar refractivity (Wildman–Crippen MR) is 119 cm³/mol. The number of ether oxygens (including phenoxy) is 1. The van der Waals surface area contributed by atoms with Crippen molar-refractivity contribution in [3.05, 3.63) is 77.5 Å². The molecule has 0 unspecified atom stereocenters. The summed E-state index contributed by atoms with van der Waals surface area (Å²) in [5, 5.41) is 7.15. The molecule has 1 aromatic carbocycles. The third kappa shape index (κ3) is 6.18. The highest BCUT2D eigenvalue weighted by Gasteiger charge is 2.34. The summed E-state index contributed by atoms with van der Waals surface area (Å²) in [4.78, 5) is 11.3. The fourth-order valence-corrected chi connectivity index (χ4v) is 3.05. The van der Waals surface area contributed by atoms with Gasteiger partial charge in [0.15, 0.2) is 5.82 Å². The zero-order valence-electron chi connectivity index (χ0n) is 18.9. The Kier molecular flexibility index (Phi) is 7.98. The van der Waals surface area contributed by atoms with Crippen LogP contribution in [0.4, 0.5) is 17.6 Å². The van der Waals surface area contributed by atoms with Crippen LogP contribution in [0.1, 0.15) is 42.3 Å². The Morgan fingerprint density at radius 3 is 2.53 bits per heavy atom. The molecular weight excluding hydrogens is 452 g/mol. The standard InChI is InChI=1S/C23H24F4N6O/c1-4-5-6-7-28-21(29-10-16-11-30-22(31-12-16)23(25,26)27)19-8-18(9-20(34-3)15(19)2)33-14-17(24)13-32-33/h6-9,11-14H,4-5,10H2,1-3H3,(H,28,29)/b7-6+. The van der Waals surface area contributed by atoms with Crippen LogP contribution in [0, 0.1) is 12.7 Å². The van der Waals surface area contributed by atoms with Gasteiger partial charge in [-0.3, -0.25) is 4.99 Å². The molecule has 0 aliphatic heterocycles. The van der Waals surface area contributed by atoms with Crippen molar-refractivity contribution in [2.45, 2.75) is 39.4 Å². The monoisotopic (exact) mass is 476 g/mol. The van der Waals surface area contributed by atoms with Crippen molar-refractivity contribution in [3.63, 3.8) is 0 Å². The van der Waals surface area contributed by atoms with Crippen molar-refractivity contribution in [1.29, 1.82) is 0 Å². The van der Waals surface area contributed by atoms with Crippen LogP contribution < -0.4 is 10.1 Å². The molecule has 1 N–H and O–H groups in total. The van der Waals surface area contributed by atoms with E-state index >= 15 is 0 Å². The molecule has 0 bridgehead atoms. The second kappa shape index (κ2) is 10.9. The van der Waals surface area contributed by atoms with Crippen molar-refractivity contribution in [2.75, 3.05) is 7.11 Å². The number of nitrogens with one attached hydrogen (secondary N) is 1. The number of halogens is 4. The zero-order chi connectivity index (χ0) is 24.7. The second-order valence-electron chi connectivity index (χ2n) is 7.34. The Labute approximate surface area is 194 Å². The predicted octanol–water partition coefficient (Wildman–Crippen LogP) is 4.99. The van der Waals surface area contributed by atoms with E-state index < -0.39 is 17.8 Å². The van der Waals surface area contributed by atoms with Crippen molar-refractivity contribution >= 4 is 5.84 Å². The maximum absolute atomic E-state index is 13.5. The highest BCUT2D eigenvalue weighted by molar-refractivity contribution is 6.01. The van der Waals surface area contributed by atoms with Gasteiger partial charge in [0, 0.05) is 35.2 Å². The Hall–Kier alpha value is -3.76. The molecule has 0 aliphatic carbocycles. The number of methoxy groups -OCH3 is 1. The summed E-state index contributed by atoms with van der Waals surface area (Å²) in [5.41, 5.74) is 2.36. The quantitative estimate of drug-likeness (QED) is 0.282. The number of unbranched alkanes of at least 4 members (excludes halogenated alkanes) is 1. The van der Waals surface area contributed by atoms with Gasteiger partial charge < -0.3 is 10.1 Å². The molecule has 2 aromatic heterocycles. The molecule has 0 atom stereocenters. The van der Waals surface area contributed by atoms with Gasteiger partial charge in [0.25, 0.3) is 0 Å². The Morgan fingerprint density at radius 1 is 1.21 bits per heavy atom. The number of aromatic nitrogens is 4. The molecule has 3 rings (SSSR count). The van der Waals surface area contributed by atoms with Crippen LogP contribution in [0.5, 0.6) is 5.75 Å². The largest absolute Gasteiger partial charge is 0.496 e. The van der Waals surface area contributed by atoms with Crippen molar-refractivity contribution < 1.29 is 22.3 Å². The van der Waals surface area contributed by atoms with Crippen molar-refractivity contribution in [1.82, 2.24) is 25.1 Å². The molecule has 3 aromatic rings. The van der Waals surface area contributed by atoms with E-state index in [2.05, 4.69) is 25.4 Å². The van der Waals surface area contributed by atoms with Crippen LogP contribution in [0.3, 0.4) is 0 Å². The molecule has 0 saturated heterocycles. The van der Waals surface area contributed by atoms with Crippen molar-refractivity contribution in [3.8, 4) is 11.4 Å². The van der Waals surface area contributed by atoms with Gasteiger partial charge in [-0.2, -0.15) is 18.3 Å². The van der Waals surface area contributed by atoms with Crippen LogP contribution in [0.2, 0.25) is 0 Å². The first-order chi connectivity index (χ1) is 16.2. The van der Waals surface area contributed by atoms with Gasteiger partial charge in [0.05, 0.1) is 31.7 Å². The van der Waals surface area contributed by atoms with Crippen molar-refractivity contribution in [2.24, 2.45) is 4.99 Å². The normalized spacial score (nSPS) is 12.4. The summed E-state index contributed by atoms with van der Waals surface area (Å²) < 4.78 is 58.6. The van der Waals surface area contributed by atoms with Crippen LogP contribution in [0.25, 0.3) is 5.69 Å². The molecule has 0 saturated carbocycles. The summed E-state index contributed by atoms with van der Waals surface area (Å²) in [6.45, 7) is 3.92. The summed E-state index contributed by atoms with van der Waals surface area (Å²) in [6.07, 6.45) is 5.41. The van der Waals surface area contributed by atoms with E-state index in [0.717, 1.165) is 37.0 Å². The van der Waals surface area contributed by atoms with Crippen LogP contribution in [-0.2, 0) is 12.7 Å². The summed E-state index contributed by atoms with van der Waals surface area (Å²) in [5.74, 6) is -0.718. The van der Waals surface area contributed by atoms with Crippen LogP contribution in [-0.4, -0.2) is 32.7 Å². The molecular formula is C23H24F4N6O.